The lowest BCUT2D eigenvalue weighted by Gasteiger charge is -2.20. The molecule has 0 unspecified atom stereocenters. The van der Waals surface area contributed by atoms with Crippen LogP contribution >= 0.6 is 0 Å². The van der Waals surface area contributed by atoms with Crippen molar-refractivity contribution in [1.29, 1.82) is 0 Å². The smallest absolute Gasteiger partial charge is 0.272 e. The molecule has 130 valence electrons. The topological polar surface area (TPSA) is 86.5 Å². The quantitative estimate of drug-likeness (QED) is 0.683. The zero-order valence-electron chi connectivity index (χ0n) is 14.6. The fraction of sp³-hybridized carbons (Fsp3) is 0.421. The molecular weight excluding hydrogens is 314 g/mol. The number of amides is 1. The molecule has 3 N–H and O–H groups in total. The molecule has 1 aliphatic rings. The molecule has 1 atom stereocenters. The van der Waals surface area contributed by atoms with Gasteiger partial charge >= 0.3 is 0 Å². The zero-order chi connectivity index (χ0) is 17.4. The predicted octanol–water partition coefficient (Wildman–Crippen LogP) is 3.29. The van der Waals surface area contributed by atoms with Gasteiger partial charge in [0.05, 0.1) is 17.1 Å². The third kappa shape index (κ3) is 2.92. The van der Waals surface area contributed by atoms with Gasteiger partial charge in [-0.3, -0.25) is 9.89 Å². The van der Waals surface area contributed by atoms with Crippen LogP contribution in [0.3, 0.4) is 0 Å². The Hall–Kier alpha value is -2.63. The molecule has 0 aliphatic heterocycles. The largest absolute Gasteiger partial charge is 0.340 e. The van der Waals surface area contributed by atoms with Crippen molar-refractivity contribution in [3.05, 3.63) is 47.0 Å². The number of H-pyrrole nitrogens is 2. The number of fused-ring (bicyclic) bond motifs is 2. The monoisotopic (exact) mass is 337 g/mol. The van der Waals surface area contributed by atoms with Crippen molar-refractivity contribution in [3.63, 3.8) is 0 Å². The Bertz CT molecular complexity index is 875. The Morgan fingerprint density at radius 1 is 1.20 bits per heavy atom. The lowest BCUT2D eigenvalue weighted by atomic mass is 9.95. The van der Waals surface area contributed by atoms with Crippen LogP contribution in [0.1, 0.15) is 60.3 Å². The molecule has 0 fully saturated rings. The van der Waals surface area contributed by atoms with Crippen molar-refractivity contribution in [2.24, 2.45) is 5.92 Å². The van der Waals surface area contributed by atoms with Crippen molar-refractivity contribution in [2.45, 2.75) is 45.6 Å². The van der Waals surface area contributed by atoms with Crippen LogP contribution in [-0.2, 0) is 12.8 Å². The summed E-state index contributed by atoms with van der Waals surface area (Å²) in [6.07, 6.45) is 4.17. The van der Waals surface area contributed by atoms with Gasteiger partial charge in [-0.2, -0.15) is 5.10 Å². The molecule has 3 aromatic rings. The van der Waals surface area contributed by atoms with E-state index in [2.05, 4.69) is 39.3 Å². The van der Waals surface area contributed by atoms with Gasteiger partial charge in [-0.25, -0.2) is 4.98 Å². The molecule has 6 nitrogen and oxygen atoms in total. The van der Waals surface area contributed by atoms with Crippen LogP contribution in [0.5, 0.6) is 0 Å². The Morgan fingerprint density at radius 2 is 2.00 bits per heavy atom. The second-order valence-corrected chi connectivity index (χ2v) is 7.07. The lowest BCUT2D eigenvalue weighted by Crippen LogP contribution is -2.33. The molecule has 4 rings (SSSR count). The number of carbonyl (C=O) groups is 1. The number of nitrogens with one attached hydrogen (secondary N) is 3. The number of para-hydroxylation sites is 2. The molecule has 6 heteroatoms. The van der Waals surface area contributed by atoms with Crippen molar-refractivity contribution >= 4 is 16.9 Å². The van der Waals surface area contributed by atoms with Crippen LogP contribution in [0, 0.1) is 5.92 Å². The molecule has 0 bridgehead atoms. The van der Waals surface area contributed by atoms with Gasteiger partial charge in [-0.15, -0.1) is 0 Å². The molecule has 1 amide bonds. The number of rotatable bonds is 4. The van der Waals surface area contributed by atoms with Crippen LogP contribution in [0.4, 0.5) is 0 Å². The van der Waals surface area contributed by atoms with Crippen molar-refractivity contribution in [3.8, 4) is 0 Å². The molecule has 25 heavy (non-hydrogen) atoms. The fourth-order valence-corrected chi connectivity index (χ4v) is 3.55. The summed E-state index contributed by atoms with van der Waals surface area (Å²) in [6, 6.07) is 7.72. The van der Waals surface area contributed by atoms with E-state index >= 15 is 0 Å². The van der Waals surface area contributed by atoms with Crippen molar-refractivity contribution in [2.75, 3.05) is 0 Å². The van der Waals surface area contributed by atoms with Gasteiger partial charge < -0.3 is 10.3 Å². The van der Waals surface area contributed by atoms with Crippen LogP contribution < -0.4 is 5.32 Å². The van der Waals surface area contributed by atoms with E-state index in [9.17, 15) is 4.79 Å². The number of imidazole rings is 1. The molecule has 0 saturated heterocycles. The second kappa shape index (κ2) is 6.35. The maximum Gasteiger partial charge on any atom is 0.272 e. The summed E-state index contributed by atoms with van der Waals surface area (Å²) in [5.74, 6) is 0.867. The average molecular weight is 337 g/mol. The molecule has 1 aliphatic carbocycles. The third-order valence-electron chi connectivity index (χ3n) is 4.93. The Balaban J connectivity index is 1.61. The Morgan fingerprint density at radius 3 is 2.80 bits per heavy atom. The maximum atomic E-state index is 12.8. The molecule has 1 aromatic carbocycles. The third-order valence-corrected chi connectivity index (χ3v) is 4.93. The number of carbonyl (C=O) groups excluding carboxylic acids is 1. The number of nitrogens with zero attached hydrogens (tertiary/aromatic N) is 2. The summed E-state index contributed by atoms with van der Waals surface area (Å²) < 4.78 is 0. The summed E-state index contributed by atoms with van der Waals surface area (Å²) in [5.41, 5.74) is 4.62. The normalized spacial score (nSPS) is 15.3. The second-order valence-electron chi connectivity index (χ2n) is 7.07. The van der Waals surface area contributed by atoms with E-state index in [0.29, 0.717) is 5.69 Å². The van der Waals surface area contributed by atoms with Crippen LogP contribution in [-0.4, -0.2) is 26.1 Å². The minimum Gasteiger partial charge on any atom is -0.340 e. The highest BCUT2D eigenvalue weighted by Crippen LogP contribution is 2.25. The summed E-state index contributed by atoms with van der Waals surface area (Å²) in [6.45, 7) is 4.16. The van der Waals surface area contributed by atoms with Gasteiger partial charge in [-0.05, 0) is 43.7 Å². The van der Waals surface area contributed by atoms with E-state index in [4.69, 9.17) is 0 Å². The molecule has 0 radical (unpaired) electrons. The highest BCUT2D eigenvalue weighted by Gasteiger charge is 2.26. The molecule has 2 aromatic heterocycles. The first kappa shape index (κ1) is 15.9. The van der Waals surface area contributed by atoms with Crippen LogP contribution in [0.2, 0.25) is 0 Å². The van der Waals surface area contributed by atoms with Gasteiger partial charge in [0.15, 0.2) is 5.69 Å². The van der Waals surface area contributed by atoms with Gasteiger partial charge in [0.1, 0.15) is 5.82 Å². The molecular formula is C19H23N5O. The predicted molar refractivity (Wildman–Crippen MR) is 96.4 cm³/mol. The van der Waals surface area contributed by atoms with Crippen LogP contribution in [0.15, 0.2) is 24.3 Å². The van der Waals surface area contributed by atoms with Gasteiger partial charge in [0, 0.05) is 11.3 Å². The van der Waals surface area contributed by atoms with E-state index in [-0.39, 0.29) is 17.9 Å². The summed E-state index contributed by atoms with van der Waals surface area (Å²) in [7, 11) is 0. The van der Waals surface area contributed by atoms with Gasteiger partial charge in [0.25, 0.3) is 5.91 Å². The highest BCUT2D eigenvalue weighted by molar-refractivity contribution is 5.94. The molecule has 2 heterocycles. The first-order chi connectivity index (χ1) is 12.1. The van der Waals surface area contributed by atoms with Crippen molar-refractivity contribution < 1.29 is 4.79 Å². The standard InChI is InChI=1S/C19H23N5O/c1-11(2)16(18-20-14-9-5-6-10-15(14)21-18)22-19(25)17-12-7-3-4-8-13(12)23-24-17/h5-6,9-11,16H,3-4,7-8H2,1-2H3,(H,20,21)(H,22,25)(H,23,24)/t16-/m1/s1. The first-order valence-electron chi connectivity index (χ1n) is 8.95. The SMILES string of the molecule is CC(C)[C@@H](NC(=O)c1n[nH]c2c1CCCC2)c1nc2ccccc2[nH]1. The number of aryl methyl sites for hydroxylation is 1. The van der Waals surface area contributed by atoms with E-state index in [1.54, 1.807) is 0 Å². The first-order valence-corrected chi connectivity index (χ1v) is 8.95. The highest BCUT2D eigenvalue weighted by atomic mass is 16.2. The number of aromatic nitrogens is 4. The van der Waals surface area contributed by atoms with E-state index in [1.165, 1.54) is 0 Å². The average Bonchev–Trinajstić information content (AvgIpc) is 3.23. The van der Waals surface area contributed by atoms with Gasteiger partial charge in [-0.1, -0.05) is 26.0 Å². The fourth-order valence-electron chi connectivity index (χ4n) is 3.55. The number of hydrogen-bond acceptors (Lipinski definition) is 3. The minimum absolute atomic E-state index is 0.126. The number of aromatic amines is 2. The van der Waals surface area contributed by atoms with E-state index in [1.807, 2.05) is 24.3 Å². The Kier molecular flexibility index (Phi) is 4.03. The van der Waals surface area contributed by atoms with E-state index in [0.717, 1.165) is 53.8 Å². The summed E-state index contributed by atoms with van der Waals surface area (Å²) in [5, 5.41) is 10.4. The lowest BCUT2D eigenvalue weighted by molar-refractivity contribution is 0.0917. The summed E-state index contributed by atoms with van der Waals surface area (Å²) >= 11 is 0. The molecule has 0 spiro atoms. The van der Waals surface area contributed by atoms with Gasteiger partial charge in [0.2, 0.25) is 0 Å². The number of benzene rings is 1. The summed E-state index contributed by atoms with van der Waals surface area (Å²) in [4.78, 5) is 20.8. The van der Waals surface area contributed by atoms with Crippen molar-refractivity contribution in [1.82, 2.24) is 25.5 Å². The van der Waals surface area contributed by atoms with E-state index < -0.39 is 0 Å². The zero-order valence-corrected chi connectivity index (χ0v) is 14.6. The maximum absolute atomic E-state index is 12.8. The minimum atomic E-state index is -0.184. The number of hydrogen-bond donors (Lipinski definition) is 3. The van der Waals surface area contributed by atoms with Crippen LogP contribution in [0.25, 0.3) is 11.0 Å². The Labute approximate surface area is 146 Å². The molecule has 0 saturated carbocycles.